The topological polar surface area (TPSA) is 85.2 Å². The molecule has 3 aromatic rings. The molecule has 5 rings (SSSR count). The Balaban J connectivity index is 1.42. The Hall–Kier alpha value is -3.19. The third-order valence-electron chi connectivity index (χ3n) is 7.12. The van der Waals surface area contributed by atoms with Crippen LogP contribution in [0.15, 0.2) is 42.7 Å². The summed E-state index contributed by atoms with van der Waals surface area (Å²) in [7, 11) is 1.66. The van der Waals surface area contributed by atoms with E-state index in [1.807, 2.05) is 22.8 Å². The number of amides is 2. The van der Waals surface area contributed by atoms with Crippen LogP contribution in [-0.2, 0) is 28.9 Å². The van der Waals surface area contributed by atoms with Crippen LogP contribution in [0.25, 0.3) is 11.0 Å². The molecule has 0 aliphatic heterocycles. The molecule has 1 saturated carbocycles. The Morgan fingerprint density at radius 1 is 1.09 bits per heavy atom. The maximum atomic E-state index is 13.5. The van der Waals surface area contributed by atoms with Gasteiger partial charge in [-0.25, -0.2) is 4.98 Å². The van der Waals surface area contributed by atoms with Crippen molar-refractivity contribution in [1.82, 2.24) is 14.9 Å². The second kappa shape index (κ2) is 9.97. The summed E-state index contributed by atoms with van der Waals surface area (Å²) in [5, 5.41) is 6.29. The molecule has 178 valence electrons. The van der Waals surface area contributed by atoms with E-state index in [-0.39, 0.29) is 23.8 Å². The van der Waals surface area contributed by atoms with E-state index in [0.717, 1.165) is 44.0 Å². The SMILES string of the molecule is COCCn1cnc2cc(NC(=O)C3CCCCC3)cc(C(=O)NC3Cc4ccccc4C3)c21. The van der Waals surface area contributed by atoms with Gasteiger partial charge in [-0.2, -0.15) is 0 Å². The number of hydrogen-bond acceptors (Lipinski definition) is 4. The third-order valence-corrected chi connectivity index (χ3v) is 7.12. The lowest BCUT2D eigenvalue weighted by molar-refractivity contribution is -0.120. The number of imidazole rings is 1. The van der Waals surface area contributed by atoms with Crippen LogP contribution in [0.2, 0.25) is 0 Å². The van der Waals surface area contributed by atoms with Gasteiger partial charge >= 0.3 is 0 Å². The van der Waals surface area contributed by atoms with Crippen molar-refractivity contribution in [2.45, 2.75) is 57.5 Å². The number of benzene rings is 2. The first-order valence-electron chi connectivity index (χ1n) is 12.3. The van der Waals surface area contributed by atoms with Crippen LogP contribution in [-0.4, -0.2) is 41.1 Å². The molecule has 0 bridgehead atoms. The summed E-state index contributed by atoms with van der Waals surface area (Å²) in [6.07, 6.45) is 8.63. The number of fused-ring (bicyclic) bond motifs is 2. The molecule has 7 heteroatoms. The number of hydrogen-bond donors (Lipinski definition) is 2. The summed E-state index contributed by atoms with van der Waals surface area (Å²) >= 11 is 0. The molecule has 0 unspecified atom stereocenters. The zero-order valence-corrected chi connectivity index (χ0v) is 19.7. The molecule has 1 heterocycles. The summed E-state index contributed by atoms with van der Waals surface area (Å²) < 4.78 is 7.19. The number of nitrogens with one attached hydrogen (secondary N) is 2. The number of carbonyl (C=O) groups excluding carboxylic acids is 2. The van der Waals surface area contributed by atoms with Gasteiger partial charge in [-0.15, -0.1) is 0 Å². The fourth-order valence-electron chi connectivity index (χ4n) is 5.35. The molecule has 0 spiro atoms. The maximum absolute atomic E-state index is 13.5. The zero-order chi connectivity index (χ0) is 23.5. The summed E-state index contributed by atoms with van der Waals surface area (Å²) in [4.78, 5) is 31.0. The highest BCUT2D eigenvalue weighted by atomic mass is 16.5. The first-order chi connectivity index (χ1) is 16.6. The van der Waals surface area contributed by atoms with Crippen molar-refractivity contribution in [1.29, 1.82) is 0 Å². The number of rotatable bonds is 7. The van der Waals surface area contributed by atoms with E-state index in [2.05, 4.69) is 27.8 Å². The van der Waals surface area contributed by atoms with Crippen molar-refractivity contribution in [3.8, 4) is 0 Å². The van der Waals surface area contributed by atoms with Crippen LogP contribution in [0.1, 0.15) is 53.6 Å². The van der Waals surface area contributed by atoms with Gasteiger partial charge < -0.3 is 19.9 Å². The van der Waals surface area contributed by atoms with E-state index in [4.69, 9.17) is 4.74 Å². The first-order valence-corrected chi connectivity index (χ1v) is 12.3. The van der Waals surface area contributed by atoms with Gasteiger partial charge in [0.15, 0.2) is 0 Å². The largest absolute Gasteiger partial charge is 0.383 e. The van der Waals surface area contributed by atoms with Crippen molar-refractivity contribution in [2.24, 2.45) is 5.92 Å². The van der Waals surface area contributed by atoms with E-state index in [1.54, 1.807) is 19.5 Å². The highest BCUT2D eigenvalue weighted by Gasteiger charge is 2.26. The molecule has 2 aliphatic rings. The Kier molecular flexibility index (Phi) is 6.63. The Morgan fingerprint density at radius 2 is 1.82 bits per heavy atom. The molecule has 2 aliphatic carbocycles. The van der Waals surface area contributed by atoms with Crippen molar-refractivity contribution in [2.75, 3.05) is 19.0 Å². The second-order valence-corrected chi connectivity index (χ2v) is 9.49. The van der Waals surface area contributed by atoms with Crippen molar-refractivity contribution >= 4 is 28.5 Å². The summed E-state index contributed by atoms with van der Waals surface area (Å²) in [5.41, 5.74) is 5.19. The standard InChI is InChI=1S/C27H32N4O3/c1-34-12-11-31-17-28-24-16-22(29-26(32)18-7-3-2-4-8-18)15-23(25(24)31)27(33)30-21-13-19-9-5-6-10-20(19)14-21/h5-6,9-10,15-18,21H,2-4,7-8,11-14H2,1H3,(H,29,32)(H,30,33). The number of methoxy groups -OCH3 is 1. The summed E-state index contributed by atoms with van der Waals surface area (Å²) in [6, 6.07) is 12.0. The van der Waals surface area contributed by atoms with Crippen molar-refractivity contribution in [3.63, 3.8) is 0 Å². The Bertz CT molecular complexity index is 1170. The highest BCUT2D eigenvalue weighted by molar-refractivity contribution is 6.07. The van der Waals surface area contributed by atoms with Gasteiger partial charge in [-0.05, 0) is 48.9 Å². The van der Waals surface area contributed by atoms with Gasteiger partial charge in [-0.3, -0.25) is 9.59 Å². The zero-order valence-electron chi connectivity index (χ0n) is 19.7. The van der Waals surface area contributed by atoms with E-state index in [1.165, 1.54) is 17.5 Å². The van der Waals surface area contributed by atoms with Gasteiger partial charge in [0, 0.05) is 31.3 Å². The lowest BCUT2D eigenvalue weighted by Gasteiger charge is -2.21. The number of aromatic nitrogens is 2. The van der Waals surface area contributed by atoms with Crippen LogP contribution in [0.4, 0.5) is 5.69 Å². The van der Waals surface area contributed by atoms with Crippen molar-refractivity contribution < 1.29 is 14.3 Å². The first kappa shape index (κ1) is 22.6. The maximum Gasteiger partial charge on any atom is 0.253 e. The Labute approximate surface area is 199 Å². The van der Waals surface area contributed by atoms with Gasteiger partial charge in [-0.1, -0.05) is 43.5 Å². The molecule has 1 fully saturated rings. The number of nitrogens with zero attached hydrogens (tertiary/aromatic N) is 2. The molecule has 7 nitrogen and oxygen atoms in total. The number of anilines is 1. The van der Waals surface area contributed by atoms with E-state index < -0.39 is 0 Å². The van der Waals surface area contributed by atoms with Crippen LogP contribution >= 0.6 is 0 Å². The molecular formula is C27H32N4O3. The fraction of sp³-hybridized carbons (Fsp3) is 0.444. The van der Waals surface area contributed by atoms with Crippen LogP contribution in [0.3, 0.4) is 0 Å². The highest BCUT2D eigenvalue weighted by Crippen LogP contribution is 2.28. The van der Waals surface area contributed by atoms with Gasteiger partial charge in [0.2, 0.25) is 5.91 Å². The van der Waals surface area contributed by atoms with Crippen LogP contribution in [0, 0.1) is 5.92 Å². The molecule has 2 amide bonds. The minimum atomic E-state index is -0.143. The molecular weight excluding hydrogens is 428 g/mol. The molecule has 1 aromatic heterocycles. The van der Waals surface area contributed by atoms with E-state index in [9.17, 15) is 9.59 Å². The average Bonchev–Trinajstić information content (AvgIpc) is 3.46. The molecule has 0 saturated heterocycles. The molecule has 0 atom stereocenters. The predicted octanol–water partition coefficient (Wildman–Crippen LogP) is 4.10. The number of ether oxygens (including phenoxy) is 1. The summed E-state index contributed by atoms with van der Waals surface area (Å²) in [6.45, 7) is 1.11. The smallest absolute Gasteiger partial charge is 0.253 e. The molecule has 2 aromatic carbocycles. The van der Waals surface area contributed by atoms with Crippen LogP contribution < -0.4 is 10.6 Å². The molecule has 34 heavy (non-hydrogen) atoms. The normalized spacial score (nSPS) is 16.5. The van der Waals surface area contributed by atoms with Gasteiger partial charge in [0.05, 0.1) is 29.5 Å². The molecule has 2 N–H and O–H groups in total. The van der Waals surface area contributed by atoms with E-state index >= 15 is 0 Å². The minimum absolute atomic E-state index is 0.0375. The fourth-order valence-corrected chi connectivity index (χ4v) is 5.35. The number of carbonyl (C=O) groups is 2. The van der Waals surface area contributed by atoms with Crippen LogP contribution in [0.5, 0.6) is 0 Å². The van der Waals surface area contributed by atoms with Gasteiger partial charge in [0.1, 0.15) is 0 Å². The second-order valence-electron chi connectivity index (χ2n) is 9.49. The lowest BCUT2D eigenvalue weighted by atomic mass is 9.88. The van der Waals surface area contributed by atoms with E-state index in [0.29, 0.717) is 29.9 Å². The summed E-state index contributed by atoms with van der Waals surface area (Å²) in [5.74, 6) is -0.0656. The molecule has 0 radical (unpaired) electrons. The average molecular weight is 461 g/mol. The third kappa shape index (κ3) is 4.71. The van der Waals surface area contributed by atoms with Gasteiger partial charge in [0.25, 0.3) is 5.91 Å². The van der Waals surface area contributed by atoms with Crippen molar-refractivity contribution in [3.05, 3.63) is 59.4 Å². The predicted molar refractivity (Wildman–Crippen MR) is 132 cm³/mol. The monoisotopic (exact) mass is 460 g/mol. The Morgan fingerprint density at radius 3 is 2.53 bits per heavy atom. The minimum Gasteiger partial charge on any atom is -0.383 e. The quantitative estimate of drug-likeness (QED) is 0.556. The lowest BCUT2D eigenvalue weighted by Crippen LogP contribution is -2.35.